The molecule has 0 fully saturated rings. The molecule has 0 N–H and O–H groups in total. The van der Waals surface area contributed by atoms with Gasteiger partial charge < -0.3 is 4.57 Å². The zero-order valence-corrected chi connectivity index (χ0v) is 14.8. The van der Waals surface area contributed by atoms with E-state index in [9.17, 15) is 0 Å². The number of para-hydroxylation sites is 2. The summed E-state index contributed by atoms with van der Waals surface area (Å²) in [7, 11) is 0. The van der Waals surface area contributed by atoms with Crippen molar-refractivity contribution in [1.82, 2.24) is 4.57 Å². The number of nitrogens with zero attached hydrogens (tertiary/aromatic N) is 1. The zero-order chi connectivity index (χ0) is 14.4. The highest BCUT2D eigenvalue weighted by Crippen LogP contribution is 2.38. The number of aromatic nitrogens is 1. The van der Waals surface area contributed by atoms with Gasteiger partial charge in [0.25, 0.3) is 0 Å². The topological polar surface area (TPSA) is 4.93 Å². The summed E-state index contributed by atoms with van der Waals surface area (Å²) in [5.74, 6) is 0. The van der Waals surface area contributed by atoms with E-state index in [-0.39, 0.29) is 0 Å². The maximum absolute atomic E-state index is 3.73. The van der Waals surface area contributed by atoms with E-state index >= 15 is 0 Å². The molecule has 0 bridgehead atoms. The average Bonchev–Trinajstić information content (AvgIpc) is 2.88. The third-order valence-corrected chi connectivity index (χ3v) is 5.27. The number of hydrogen-bond acceptors (Lipinski definition) is 0. The SMILES string of the molecule is Brc1ccc(I)c2c3ccccc3n(-c3ccccc3)c12. The number of halogens is 2. The zero-order valence-electron chi connectivity index (χ0n) is 11.1. The van der Waals surface area contributed by atoms with Gasteiger partial charge in [-0.15, -0.1) is 0 Å². The van der Waals surface area contributed by atoms with E-state index in [0.29, 0.717) is 0 Å². The highest BCUT2D eigenvalue weighted by Gasteiger charge is 2.16. The molecule has 0 amide bonds. The van der Waals surface area contributed by atoms with Crippen LogP contribution in [0.1, 0.15) is 0 Å². The molecule has 102 valence electrons. The van der Waals surface area contributed by atoms with Crippen LogP contribution in [-0.4, -0.2) is 4.57 Å². The van der Waals surface area contributed by atoms with Gasteiger partial charge in [-0.1, -0.05) is 36.4 Å². The molecular formula is C18H11BrIN. The molecule has 0 aliphatic rings. The van der Waals surface area contributed by atoms with Gasteiger partial charge in [0.15, 0.2) is 0 Å². The second-order valence-electron chi connectivity index (χ2n) is 4.94. The lowest BCUT2D eigenvalue weighted by Gasteiger charge is -2.08. The first kappa shape index (κ1) is 13.3. The Labute approximate surface area is 144 Å². The van der Waals surface area contributed by atoms with E-state index in [1.165, 1.54) is 31.1 Å². The predicted octanol–water partition coefficient (Wildman–Crippen LogP) is 6.15. The fraction of sp³-hybridized carbons (Fsp3) is 0. The van der Waals surface area contributed by atoms with Crippen molar-refractivity contribution in [2.75, 3.05) is 0 Å². The summed E-state index contributed by atoms with van der Waals surface area (Å²) in [6.07, 6.45) is 0. The summed E-state index contributed by atoms with van der Waals surface area (Å²) < 4.78 is 4.73. The third-order valence-electron chi connectivity index (χ3n) is 3.73. The molecule has 0 aliphatic carbocycles. The third kappa shape index (κ3) is 2.02. The maximum atomic E-state index is 3.73. The van der Waals surface area contributed by atoms with E-state index in [0.717, 1.165) is 4.47 Å². The first-order valence-corrected chi connectivity index (χ1v) is 8.57. The highest BCUT2D eigenvalue weighted by molar-refractivity contribution is 14.1. The van der Waals surface area contributed by atoms with E-state index in [1.54, 1.807) is 0 Å². The predicted molar refractivity (Wildman–Crippen MR) is 101 cm³/mol. The van der Waals surface area contributed by atoms with Gasteiger partial charge in [0.1, 0.15) is 0 Å². The number of fused-ring (bicyclic) bond motifs is 3. The van der Waals surface area contributed by atoms with Gasteiger partial charge in [-0.3, -0.25) is 0 Å². The van der Waals surface area contributed by atoms with Crippen molar-refractivity contribution in [3.8, 4) is 5.69 Å². The van der Waals surface area contributed by atoms with Gasteiger partial charge in [-0.05, 0) is 68.9 Å². The Kier molecular flexibility index (Phi) is 3.27. The Hall–Kier alpha value is -1.33. The number of hydrogen-bond donors (Lipinski definition) is 0. The first-order valence-electron chi connectivity index (χ1n) is 6.70. The summed E-state index contributed by atoms with van der Waals surface area (Å²) in [5.41, 5.74) is 3.66. The van der Waals surface area contributed by atoms with Gasteiger partial charge in [0.2, 0.25) is 0 Å². The van der Waals surface area contributed by atoms with Crippen molar-refractivity contribution in [2.45, 2.75) is 0 Å². The molecule has 1 aromatic heterocycles. The van der Waals surface area contributed by atoms with Crippen LogP contribution in [0.5, 0.6) is 0 Å². The smallest absolute Gasteiger partial charge is 0.0693 e. The molecule has 0 saturated carbocycles. The first-order chi connectivity index (χ1) is 10.3. The van der Waals surface area contributed by atoms with E-state index < -0.39 is 0 Å². The molecule has 0 radical (unpaired) electrons. The fourth-order valence-electron chi connectivity index (χ4n) is 2.86. The molecule has 21 heavy (non-hydrogen) atoms. The molecule has 0 spiro atoms. The molecular weight excluding hydrogens is 437 g/mol. The molecule has 1 heterocycles. The quantitative estimate of drug-likeness (QED) is 0.308. The van der Waals surface area contributed by atoms with Crippen LogP contribution in [0, 0.1) is 3.57 Å². The monoisotopic (exact) mass is 447 g/mol. The second kappa shape index (κ2) is 5.14. The van der Waals surface area contributed by atoms with E-state index in [4.69, 9.17) is 0 Å². The van der Waals surface area contributed by atoms with Crippen LogP contribution < -0.4 is 0 Å². The van der Waals surface area contributed by atoms with Crippen LogP contribution in [0.3, 0.4) is 0 Å². The van der Waals surface area contributed by atoms with Gasteiger partial charge in [0, 0.05) is 24.5 Å². The second-order valence-corrected chi connectivity index (χ2v) is 6.96. The summed E-state index contributed by atoms with van der Waals surface area (Å²) in [6.45, 7) is 0. The van der Waals surface area contributed by atoms with E-state index in [2.05, 4.69) is 110 Å². The van der Waals surface area contributed by atoms with Crippen LogP contribution in [0.25, 0.3) is 27.5 Å². The standard InChI is InChI=1S/C18H11BrIN/c19-14-10-11-15(20)17-13-8-4-5-9-16(13)21(18(14)17)12-6-2-1-3-7-12/h1-11H. The molecule has 4 rings (SSSR count). The van der Waals surface area contributed by atoms with Crippen molar-refractivity contribution in [1.29, 1.82) is 0 Å². The largest absolute Gasteiger partial charge is 0.308 e. The Balaban J connectivity index is 2.30. The molecule has 3 aromatic carbocycles. The molecule has 1 nitrogen and oxygen atoms in total. The summed E-state index contributed by atoms with van der Waals surface area (Å²) >= 11 is 6.15. The van der Waals surface area contributed by atoms with Crippen molar-refractivity contribution in [3.63, 3.8) is 0 Å². The minimum Gasteiger partial charge on any atom is -0.308 e. The van der Waals surface area contributed by atoms with Crippen molar-refractivity contribution in [3.05, 3.63) is 74.8 Å². The minimum atomic E-state index is 1.12. The molecule has 0 aliphatic heterocycles. The summed E-state index contributed by atoms with van der Waals surface area (Å²) in [5, 5.41) is 2.60. The Morgan fingerprint density at radius 2 is 1.52 bits per heavy atom. The molecule has 0 atom stereocenters. The lowest BCUT2D eigenvalue weighted by atomic mass is 10.2. The molecule has 0 saturated heterocycles. The van der Waals surface area contributed by atoms with Crippen molar-refractivity contribution >= 4 is 60.3 Å². The van der Waals surface area contributed by atoms with Gasteiger partial charge in [-0.2, -0.15) is 0 Å². The number of rotatable bonds is 1. The van der Waals surface area contributed by atoms with Gasteiger partial charge in [-0.25, -0.2) is 0 Å². The highest BCUT2D eigenvalue weighted by atomic mass is 127. The Morgan fingerprint density at radius 3 is 2.33 bits per heavy atom. The normalized spacial score (nSPS) is 11.3. The summed E-state index contributed by atoms with van der Waals surface area (Å²) in [6, 6.07) is 23.4. The van der Waals surface area contributed by atoms with Crippen molar-refractivity contribution in [2.24, 2.45) is 0 Å². The lowest BCUT2D eigenvalue weighted by Crippen LogP contribution is -1.93. The Morgan fingerprint density at radius 1 is 0.810 bits per heavy atom. The number of benzene rings is 3. The summed E-state index contributed by atoms with van der Waals surface area (Å²) in [4.78, 5) is 0. The van der Waals surface area contributed by atoms with Gasteiger partial charge >= 0.3 is 0 Å². The van der Waals surface area contributed by atoms with E-state index in [1.807, 2.05) is 0 Å². The van der Waals surface area contributed by atoms with Gasteiger partial charge in [0.05, 0.1) is 11.0 Å². The molecule has 4 aromatic rings. The maximum Gasteiger partial charge on any atom is 0.0693 e. The van der Waals surface area contributed by atoms with Crippen molar-refractivity contribution < 1.29 is 0 Å². The van der Waals surface area contributed by atoms with Crippen LogP contribution in [-0.2, 0) is 0 Å². The average molecular weight is 448 g/mol. The Bertz CT molecular complexity index is 957. The fourth-order valence-corrected chi connectivity index (χ4v) is 4.10. The molecule has 3 heteroatoms. The van der Waals surface area contributed by atoms with Crippen LogP contribution >= 0.6 is 38.5 Å². The minimum absolute atomic E-state index is 1.12. The van der Waals surface area contributed by atoms with Crippen LogP contribution in [0.15, 0.2) is 71.2 Å². The van der Waals surface area contributed by atoms with Crippen LogP contribution in [0.2, 0.25) is 0 Å². The lowest BCUT2D eigenvalue weighted by molar-refractivity contribution is 1.17. The molecule has 0 unspecified atom stereocenters. The van der Waals surface area contributed by atoms with Crippen LogP contribution in [0.4, 0.5) is 0 Å².